The average Bonchev–Trinajstić information content (AvgIpc) is 2.17. The highest BCUT2D eigenvalue weighted by atomic mass is 32.2. The first-order valence-corrected chi connectivity index (χ1v) is 4.32. The predicted molar refractivity (Wildman–Crippen MR) is 50.2 cm³/mol. The monoisotopic (exact) mass is 195 g/mol. The number of hydrogen-bond donors (Lipinski definition) is 1. The molecule has 0 unspecified atom stereocenters. The van der Waals surface area contributed by atoms with Crippen LogP contribution >= 0.6 is 11.9 Å². The van der Waals surface area contributed by atoms with E-state index in [0.29, 0.717) is 0 Å². The summed E-state index contributed by atoms with van der Waals surface area (Å²) in [6.07, 6.45) is 1.55. The fraction of sp³-hybridized carbons (Fsp3) is 0. The van der Waals surface area contributed by atoms with E-state index in [1.165, 1.54) is 24.1 Å². The maximum atomic E-state index is 10.4. The number of nitro groups is 1. The van der Waals surface area contributed by atoms with Crippen molar-refractivity contribution in [2.24, 2.45) is 4.99 Å². The van der Waals surface area contributed by atoms with Gasteiger partial charge >= 0.3 is 0 Å². The molecule has 1 heterocycles. The molecule has 0 bridgehead atoms. The number of benzene rings is 1. The Balaban J connectivity index is 2.48. The smallest absolute Gasteiger partial charge is 0.270 e. The van der Waals surface area contributed by atoms with E-state index in [0.717, 1.165) is 10.6 Å². The Labute approximate surface area is 78.1 Å². The summed E-state index contributed by atoms with van der Waals surface area (Å²) in [6, 6.07) is 4.59. The fourth-order valence-electron chi connectivity index (χ4n) is 0.991. The molecule has 1 aromatic rings. The molecule has 0 saturated carbocycles. The van der Waals surface area contributed by atoms with Crippen LogP contribution in [-0.2, 0) is 0 Å². The Morgan fingerprint density at radius 1 is 1.54 bits per heavy atom. The van der Waals surface area contributed by atoms with Gasteiger partial charge in [-0.15, -0.1) is 0 Å². The molecule has 6 heteroatoms. The Kier molecular flexibility index (Phi) is 1.90. The largest absolute Gasteiger partial charge is 0.316 e. The second-order valence-corrected chi connectivity index (χ2v) is 3.27. The molecule has 0 spiro atoms. The van der Waals surface area contributed by atoms with Crippen LogP contribution in [0.15, 0.2) is 28.1 Å². The average molecular weight is 195 g/mol. The highest BCUT2D eigenvalue weighted by Crippen LogP contribution is 2.32. The van der Waals surface area contributed by atoms with Gasteiger partial charge in [0.05, 0.1) is 21.8 Å². The highest BCUT2D eigenvalue weighted by Gasteiger charge is 2.12. The Hall–Kier alpha value is -1.56. The number of nitrogens with one attached hydrogen (secondary N) is 1. The number of fused-ring (bicyclic) bond motifs is 1. The van der Waals surface area contributed by atoms with Crippen molar-refractivity contribution in [3.05, 3.63) is 28.3 Å². The lowest BCUT2D eigenvalue weighted by Crippen LogP contribution is -2.02. The summed E-state index contributed by atoms with van der Waals surface area (Å²) in [6.45, 7) is 0. The van der Waals surface area contributed by atoms with Crippen molar-refractivity contribution in [1.29, 1.82) is 0 Å². The quantitative estimate of drug-likeness (QED) is 0.422. The van der Waals surface area contributed by atoms with E-state index in [9.17, 15) is 10.1 Å². The lowest BCUT2D eigenvalue weighted by molar-refractivity contribution is -0.385. The molecule has 5 nitrogen and oxygen atoms in total. The molecule has 0 radical (unpaired) electrons. The van der Waals surface area contributed by atoms with Crippen molar-refractivity contribution in [1.82, 2.24) is 4.72 Å². The topological polar surface area (TPSA) is 67.5 Å². The summed E-state index contributed by atoms with van der Waals surface area (Å²) < 4.78 is 2.81. The standard InChI is InChI=1S/C7H5N3O2S/c11-10(12)5-1-2-6-7(3-5)13-9-4-8-6/h1-4H,(H,8,9). The molecule has 0 aromatic heterocycles. The van der Waals surface area contributed by atoms with Crippen LogP contribution in [-0.4, -0.2) is 11.3 Å². The number of hydrogen-bond acceptors (Lipinski definition) is 5. The molecule has 2 rings (SSSR count). The van der Waals surface area contributed by atoms with Gasteiger partial charge in [-0.3, -0.25) is 10.1 Å². The third-order valence-electron chi connectivity index (χ3n) is 1.58. The summed E-state index contributed by atoms with van der Waals surface area (Å²) in [5.74, 6) is 0. The zero-order valence-corrected chi connectivity index (χ0v) is 7.25. The molecule has 0 fully saturated rings. The number of nitro benzene ring substituents is 1. The van der Waals surface area contributed by atoms with Crippen molar-refractivity contribution >= 4 is 29.7 Å². The Morgan fingerprint density at radius 3 is 3.15 bits per heavy atom. The van der Waals surface area contributed by atoms with Gasteiger partial charge in [0.15, 0.2) is 0 Å². The molecule has 0 amide bonds. The van der Waals surface area contributed by atoms with E-state index in [1.54, 1.807) is 12.4 Å². The van der Waals surface area contributed by atoms with Gasteiger partial charge in [0, 0.05) is 12.1 Å². The van der Waals surface area contributed by atoms with Crippen LogP contribution in [0.1, 0.15) is 0 Å². The zero-order chi connectivity index (χ0) is 9.26. The van der Waals surface area contributed by atoms with Crippen LogP contribution in [0, 0.1) is 10.1 Å². The molecule has 13 heavy (non-hydrogen) atoms. The molecular formula is C7H5N3O2S. The maximum Gasteiger partial charge on any atom is 0.270 e. The van der Waals surface area contributed by atoms with Gasteiger partial charge in [-0.05, 0) is 18.0 Å². The first-order chi connectivity index (χ1) is 6.27. The van der Waals surface area contributed by atoms with Crippen LogP contribution in [0.4, 0.5) is 11.4 Å². The van der Waals surface area contributed by atoms with Crippen LogP contribution < -0.4 is 4.72 Å². The Morgan fingerprint density at radius 2 is 2.38 bits per heavy atom. The molecule has 1 N–H and O–H groups in total. The van der Waals surface area contributed by atoms with Crippen molar-refractivity contribution in [2.75, 3.05) is 0 Å². The number of nitrogens with zero attached hydrogens (tertiary/aromatic N) is 2. The number of rotatable bonds is 1. The van der Waals surface area contributed by atoms with Crippen molar-refractivity contribution < 1.29 is 4.92 Å². The third kappa shape index (κ3) is 1.48. The van der Waals surface area contributed by atoms with E-state index in [2.05, 4.69) is 9.71 Å². The lowest BCUT2D eigenvalue weighted by atomic mass is 10.3. The lowest BCUT2D eigenvalue weighted by Gasteiger charge is -2.08. The van der Waals surface area contributed by atoms with Crippen LogP contribution in [0.2, 0.25) is 0 Å². The predicted octanol–water partition coefficient (Wildman–Crippen LogP) is 1.86. The van der Waals surface area contributed by atoms with Gasteiger partial charge in [-0.25, -0.2) is 4.99 Å². The summed E-state index contributed by atoms with van der Waals surface area (Å²) in [5, 5.41) is 10.4. The first-order valence-electron chi connectivity index (χ1n) is 3.51. The summed E-state index contributed by atoms with van der Waals surface area (Å²) in [4.78, 5) is 14.8. The minimum Gasteiger partial charge on any atom is -0.316 e. The molecular weight excluding hydrogens is 190 g/mol. The van der Waals surface area contributed by atoms with Gasteiger partial charge < -0.3 is 4.72 Å². The van der Waals surface area contributed by atoms with Crippen molar-refractivity contribution in [3.8, 4) is 0 Å². The van der Waals surface area contributed by atoms with E-state index < -0.39 is 4.92 Å². The third-order valence-corrected chi connectivity index (χ3v) is 2.35. The minimum absolute atomic E-state index is 0.0881. The maximum absolute atomic E-state index is 10.4. The normalized spacial score (nSPS) is 13.2. The van der Waals surface area contributed by atoms with Crippen LogP contribution in [0.25, 0.3) is 0 Å². The highest BCUT2D eigenvalue weighted by molar-refractivity contribution is 7.98. The molecule has 1 aromatic carbocycles. The second-order valence-electron chi connectivity index (χ2n) is 2.39. The number of aliphatic imine (C=N–C) groups is 1. The van der Waals surface area contributed by atoms with Gasteiger partial charge in [0.1, 0.15) is 0 Å². The number of non-ortho nitro benzene ring substituents is 1. The first kappa shape index (κ1) is 8.06. The van der Waals surface area contributed by atoms with Gasteiger partial charge in [0.25, 0.3) is 5.69 Å². The van der Waals surface area contributed by atoms with Crippen molar-refractivity contribution in [3.63, 3.8) is 0 Å². The zero-order valence-electron chi connectivity index (χ0n) is 6.43. The second kappa shape index (κ2) is 3.06. The molecule has 0 aliphatic carbocycles. The van der Waals surface area contributed by atoms with E-state index in [1.807, 2.05) is 0 Å². The van der Waals surface area contributed by atoms with Gasteiger partial charge in [-0.2, -0.15) is 0 Å². The van der Waals surface area contributed by atoms with Crippen LogP contribution in [0.5, 0.6) is 0 Å². The summed E-state index contributed by atoms with van der Waals surface area (Å²) >= 11 is 1.32. The van der Waals surface area contributed by atoms with E-state index in [-0.39, 0.29) is 5.69 Å². The van der Waals surface area contributed by atoms with Gasteiger partial charge in [0.2, 0.25) is 0 Å². The molecule has 66 valence electrons. The SMILES string of the molecule is O=[N+]([O-])c1ccc2c(c1)SNC=N2. The van der Waals surface area contributed by atoms with Crippen molar-refractivity contribution in [2.45, 2.75) is 4.90 Å². The minimum atomic E-state index is -0.417. The summed E-state index contributed by atoms with van der Waals surface area (Å²) in [5.41, 5.74) is 0.847. The van der Waals surface area contributed by atoms with Crippen LogP contribution in [0.3, 0.4) is 0 Å². The van der Waals surface area contributed by atoms with E-state index in [4.69, 9.17) is 0 Å². The van der Waals surface area contributed by atoms with Gasteiger partial charge in [-0.1, -0.05) is 0 Å². The fourth-order valence-corrected chi connectivity index (χ4v) is 1.63. The molecule has 1 aliphatic rings. The molecule has 0 saturated heterocycles. The van der Waals surface area contributed by atoms with E-state index >= 15 is 0 Å². The summed E-state index contributed by atoms with van der Waals surface area (Å²) in [7, 11) is 0. The Bertz CT molecular complexity index is 391. The molecule has 1 aliphatic heterocycles. The molecule has 0 atom stereocenters.